The van der Waals surface area contributed by atoms with E-state index in [9.17, 15) is 28.8 Å². The summed E-state index contributed by atoms with van der Waals surface area (Å²) < 4.78 is 43.9. The molecule has 0 bridgehead atoms. The quantitative estimate of drug-likeness (QED) is 0.0360. The molecule has 53 heavy (non-hydrogen) atoms. The zero-order valence-corrected chi connectivity index (χ0v) is 31.2. The Balaban J connectivity index is 3.10. The Morgan fingerprint density at radius 2 is 0.962 bits per heavy atom. The van der Waals surface area contributed by atoms with Gasteiger partial charge in [0.1, 0.15) is 6.61 Å². The summed E-state index contributed by atoms with van der Waals surface area (Å²) in [6, 6.07) is 6.26. The molecule has 294 valence electrons. The molecule has 14 nitrogen and oxygen atoms in total. The molecule has 0 unspecified atom stereocenters. The van der Waals surface area contributed by atoms with Gasteiger partial charge in [-0.2, -0.15) is 0 Å². The van der Waals surface area contributed by atoms with Gasteiger partial charge in [-0.3, -0.25) is 9.59 Å². The second kappa shape index (κ2) is 26.2. The van der Waals surface area contributed by atoms with Crippen molar-refractivity contribution in [2.75, 3.05) is 72.7 Å². The molecule has 0 N–H and O–H groups in total. The summed E-state index contributed by atoms with van der Waals surface area (Å²) in [6.07, 6.45) is 4.58. The van der Waals surface area contributed by atoms with Crippen molar-refractivity contribution in [2.24, 2.45) is 10.8 Å². The minimum absolute atomic E-state index is 0.0134. The third-order valence-electron chi connectivity index (χ3n) is 7.11. The summed E-state index contributed by atoms with van der Waals surface area (Å²) in [5.74, 6) is -3.15. The molecule has 1 rings (SSSR count). The largest absolute Gasteiger partial charge is 0.465 e. The molecule has 0 fully saturated rings. The van der Waals surface area contributed by atoms with Crippen LogP contribution >= 0.6 is 0 Å². The molecule has 0 spiro atoms. The van der Waals surface area contributed by atoms with Crippen molar-refractivity contribution in [3.05, 3.63) is 73.4 Å². The summed E-state index contributed by atoms with van der Waals surface area (Å²) in [5, 5.41) is 0. The molecule has 0 aliphatic heterocycles. The molecule has 14 heteroatoms. The maximum Gasteiger partial charge on any atom is 0.338 e. The van der Waals surface area contributed by atoms with Gasteiger partial charge < -0.3 is 37.9 Å². The molecule has 0 aromatic heterocycles. The zero-order chi connectivity index (χ0) is 39.5. The maximum absolute atomic E-state index is 13.5. The normalized spacial score (nSPS) is 11.2. The van der Waals surface area contributed by atoms with Crippen molar-refractivity contribution in [3.8, 4) is 0 Å². The fourth-order valence-electron chi connectivity index (χ4n) is 4.24. The lowest BCUT2D eigenvalue weighted by Crippen LogP contribution is -2.43. The van der Waals surface area contributed by atoms with Gasteiger partial charge in [-0.05, 0) is 33.3 Å². The first-order valence-corrected chi connectivity index (χ1v) is 17.4. The van der Waals surface area contributed by atoms with E-state index >= 15 is 0 Å². The van der Waals surface area contributed by atoms with E-state index in [1.807, 2.05) is 0 Å². The zero-order valence-electron chi connectivity index (χ0n) is 31.2. The predicted molar refractivity (Wildman–Crippen MR) is 193 cm³/mol. The first kappa shape index (κ1) is 46.4. The SMILES string of the molecule is C=CC(=O)OCCCOCC(COCCCOC(=O)C=C)(COCCCOC(=O)C=C)COC(=O)c1ccccc1C(=O)CCCOC(=O)C(C)(C)C. The predicted octanol–water partition coefficient (Wildman–Crippen LogP) is 4.79. The van der Waals surface area contributed by atoms with E-state index in [0.717, 1.165) is 18.2 Å². The number of rotatable bonds is 29. The lowest BCUT2D eigenvalue weighted by atomic mass is 9.92. The number of esters is 5. The number of Topliss-reactive ketones (excluding diaryl/α,β-unsaturated/α-hetero) is 1. The van der Waals surface area contributed by atoms with Crippen molar-refractivity contribution in [2.45, 2.75) is 52.9 Å². The molecular weight excluding hydrogens is 692 g/mol. The summed E-state index contributed by atoms with van der Waals surface area (Å²) >= 11 is 0. The highest BCUT2D eigenvalue weighted by molar-refractivity contribution is 6.06. The Hall–Kier alpha value is -4.66. The Labute approximate surface area is 311 Å². The molecule has 1 aromatic carbocycles. The van der Waals surface area contributed by atoms with E-state index in [0.29, 0.717) is 19.3 Å². The molecule has 0 atom stereocenters. The Morgan fingerprint density at radius 1 is 0.547 bits per heavy atom. The molecule has 0 amide bonds. The van der Waals surface area contributed by atoms with E-state index in [2.05, 4.69) is 19.7 Å². The highest BCUT2D eigenvalue weighted by Crippen LogP contribution is 2.23. The smallest absolute Gasteiger partial charge is 0.338 e. The van der Waals surface area contributed by atoms with Gasteiger partial charge >= 0.3 is 29.8 Å². The average molecular weight is 747 g/mol. The van der Waals surface area contributed by atoms with Gasteiger partial charge in [0.05, 0.1) is 62.6 Å². The maximum atomic E-state index is 13.5. The van der Waals surface area contributed by atoms with Gasteiger partial charge in [-0.1, -0.05) is 37.9 Å². The van der Waals surface area contributed by atoms with Gasteiger partial charge in [0.25, 0.3) is 0 Å². The van der Waals surface area contributed by atoms with Crippen molar-refractivity contribution in [1.29, 1.82) is 0 Å². The van der Waals surface area contributed by atoms with Crippen LogP contribution in [0, 0.1) is 10.8 Å². The van der Waals surface area contributed by atoms with Crippen molar-refractivity contribution < 1.29 is 66.7 Å². The third-order valence-corrected chi connectivity index (χ3v) is 7.11. The van der Waals surface area contributed by atoms with Gasteiger partial charge in [-0.25, -0.2) is 19.2 Å². The summed E-state index contributed by atoms with van der Waals surface area (Å²) in [5.41, 5.74) is -1.53. The van der Waals surface area contributed by atoms with Crippen molar-refractivity contribution in [3.63, 3.8) is 0 Å². The average Bonchev–Trinajstić information content (AvgIpc) is 3.15. The van der Waals surface area contributed by atoms with Gasteiger partial charge in [-0.15, -0.1) is 0 Å². The monoisotopic (exact) mass is 746 g/mol. The van der Waals surface area contributed by atoms with Crippen LogP contribution in [0.15, 0.2) is 62.2 Å². The lowest BCUT2D eigenvalue weighted by Gasteiger charge is -2.33. The second-order valence-corrected chi connectivity index (χ2v) is 12.9. The lowest BCUT2D eigenvalue weighted by molar-refractivity contribution is -0.153. The van der Waals surface area contributed by atoms with E-state index in [4.69, 9.17) is 37.9 Å². The first-order chi connectivity index (χ1) is 25.3. The van der Waals surface area contributed by atoms with Crippen LogP contribution in [-0.2, 0) is 57.1 Å². The second-order valence-electron chi connectivity index (χ2n) is 12.9. The van der Waals surface area contributed by atoms with Crippen LogP contribution in [0.25, 0.3) is 0 Å². The minimum atomic E-state index is -1.07. The van der Waals surface area contributed by atoms with Crippen molar-refractivity contribution in [1.82, 2.24) is 0 Å². The van der Waals surface area contributed by atoms with E-state index in [1.165, 1.54) is 12.1 Å². The van der Waals surface area contributed by atoms with Crippen LogP contribution < -0.4 is 0 Å². The van der Waals surface area contributed by atoms with Crippen LogP contribution in [0.5, 0.6) is 0 Å². The van der Waals surface area contributed by atoms with Crippen LogP contribution in [0.2, 0.25) is 0 Å². The molecule has 0 saturated carbocycles. The fourth-order valence-corrected chi connectivity index (χ4v) is 4.24. The first-order valence-electron chi connectivity index (χ1n) is 17.4. The van der Waals surface area contributed by atoms with Crippen molar-refractivity contribution >= 4 is 35.6 Å². The van der Waals surface area contributed by atoms with E-state index < -0.39 is 34.7 Å². The fraction of sp³-hybridized carbons (Fsp3) is 0.538. The number of benzene rings is 1. The number of ketones is 1. The highest BCUT2D eigenvalue weighted by Gasteiger charge is 2.35. The molecule has 1 aromatic rings. The molecule has 0 radical (unpaired) electrons. The molecule has 0 aliphatic carbocycles. The van der Waals surface area contributed by atoms with Crippen LogP contribution in [0.3, 0.4) is 0 Å². The summed E-state index contributed by atoms with van der Waals surface area (Å²) in [7, 11) is 0. The van der Waals surface area contributed by atoms with Gasteiger partial charge in [0.2, 0.25) is 0 Å². The van der Waals surface area contributed by atoms with Gasteiger partial charge in [0.15, 0.2) is 5.78 Å². The highest BCUT2D eigenvalue weighted by atomic mass is 16.6. The Bertz CT molecular complexity index is 1280. The number of hydrogen-bond donors (Lipinski definition) is 0. The topological polar surface area (TPSA) is 176 Å². The van der Waals surface area contributed by atoms with Gasteiger partial charge in [0, 0.05) is 69.3 Å². The van der Waals surface area contributed by atoms with E-state index in [1.54, 1.807) is 32.9 Å². The minimum Gasteiger partial charge on any atom is -0.465 e. The van der Waals surface area contributed by atoms with Crippen LogP contribution in [-0.4, -0.2) is 108 Å². The molecule has 0 saturated heterocycles. The number of carbonyl (C=O) groups excluding carboxylic acids is 6. The Morgan fingerprint density at radius 3 is 1.38 bits per heavy atom. The number of carbonyl (C=O) groups is 6. The standard InChI is InChI=1S/C39H54O14/c1-7-33(41)49-23-13-19-46-26-39(27-47-20-14-24-50-34(42)8-2,28-48-21-15-25-51-35(43)9-3)29-53-36(44)31-17-11-10-16-30(31)32(40)18-12-22-52-37(45)38(4,5)6/h7-11,16-17H,1-3,12-15,18-29H2,4-6H3. The number of hydrogen-bond acceptors (Lipinski definition) is 14. The molecule has 0 heterocycles. The summed E-state index contributed by atoms with van der Waals surface area (Å²) in [4.78, 5) is 72.9. The summed E-state index contributed by atoms with van der Waals surface area (Å²) in [6.45, 7) is 15.9. The molecule has 0 aliphatic rings. The third kappa shape index (κ3) is 20.2. The Kier molecular flexibility index (Phi) is 22.9. The molecular formula is C39H54O14. The van der Waals surface area contributed by atoms with Crippen LogP contribution in [0.4, 0.5) is 0 Å². The van der Waals surface area contributed by atoms with Crippen LogP contribution in [0.1, 0.15) is 73.6 Å². The van der Waals surface area contributed by atoms with E-state index in [-0.39, 0.29) is 108 Å². The number of ether oxygens (including phenoxy) is 8.